The molecule has 1 heterocycles. The van der Waals surface area contributed by atoms with Crippen molar-refractivity contribution < 1.29 is 17.9 Å². The minimum atomic E-state index is -1.22. The van der Waals surface area contributed by atoms with E-state index in [1.165, 1.54) is 0 Å². The third-order valence-corrected chi connectivity index (χ3v) is 3.25. The molecule has 1 aliphatic heterocycles. The Hall–Kier alpha value is -1.07. The van der Waals surface area contributed by atoms with E-state index >= 15 is 0 Å². The number of ether oxygens (including phenoxy) is 2. The summed E-state index contributed by atoms with van der Waals surface area (Å²) in [6.07, 6.45) is 0. The minimum absolute atomic E-state index is 0.363. The van der Waals surface area contributed by atoms with Crippen LogP contribution in [0.5, 0.6) is 11.5 Å². The second-order valence-corrected chi connectivity index (χ2v) is 4.32. The molecule has 82 valence electrons. The predicted molar refractivity (Wildman–Crippen MR) is 56.2 cm³/mol. The van der Waals surface area contributed by atoms with Crippen LogP contribution in [0.1, 0.15) is 11.1 Å². The molecule has 0 saturated heterocycles. The minimum Gasteiger partial charge on any atom is -0.493 e. The van der Waals surface area contributed by atoms with E-state index in [-0.39, 0.29) is 0 Å². The van der Waals surface area contributed by atoms with Gasteiger partial charge in [-0.3, -0.25) is 4.18 Å². The van der Waals surface area contributed by atoms with Crippen molar-refractivity contribution in [3.63, 3.8) is 0 Å². The standard InChI is InChI=1S/C10H12O4S/c1-12-9-3-7-5-14-15(11)6-8(7)4-10(9)13-2/h3-4H,5-6H2,1-2H3. The molecule has 15 heavy (non-hydrogen) atoms. The van der Waals surface area contributed by atoms with Crippen molar-refractivity contribution in [1.82, 2.24) is 0 Å². The van der Waals surface area contributed by atoms with Crippen LogP contribution in [0, 0.1) is 0 Å². The van der Waals surface area contributed by atoms with Gasteiger partial charge in [0.2, 0.25) is 0 Å². The van der Waals surface area contributed by atoms with Crippen LogP contribution in [0.25, 0.3) is 0 Å². The first-order valence-electron chi connectivity index (χ1n) is 4.50. The summed E-state index contributed by atoms with van der Waals surface area (Å²) in [6, 6.07) is 3.72. The van der Waals surface area contributed by atoms with Crippen molar-refractivity contribution in [2.24, 2.45) is 0 Å². The van der Waals surface area contributed by atoms with E-state index in [0.29, 0.717) is 23.9 Å². The first kappa shape index (κ1) is 10.4. The SMILES string of the molecule is COc1cc2c(cc1OC)CS(=O)OC2. The first-order chi connectivity index (χ1) is 7.24. The lowest BCUT2D eigenvalue weighted by atomic mass is 10.1. The molecule has 0 amide bonds. The lowest BCUT2D eigenvalue weighted by Crippen LogP contribution is -2.11. The van der Waals surface area contributed by atoms with Crippen LogP contribution >= 0.6 is 0 Å². The Balaban J connectivity index is 2.45. The van der Waals surface area contributed by atoms with E-state index in [1.54, 1.807) is 14.2 Å². The summed E-state index contributed by atoms with van der Waals surface area (Å²) in [7, 11) is 3.17. The van der Waals surface area contributed by atoms with Crippen LogP contribution < -0.4 is 9.47 Å². The fraction of sp³-hybridized carbons (Fsp3) is 0.400. The molecule has 1 unspecified atom stereocenters. The van der Waals surface area contributed by atoms with E-state index in [9.17, 15) is 4.21 Å². The van der Waals surface area contributed by atoms with Crippen LogP contribution in [-0.2, 0) is 27.6 Å². The van der Waals surface area contributed by atoms with Crippen molar-refractivity contribution in [3.8, 4) is 11.5 Å². The second-order valence-electron chi connectivity index (χ2n) is 3.19. The third-order valence-electron chi connectivity index (χ3n) is 2.33. The predicted octanol–water partition coefficient (Wildman–Crippen LogP) is 1.40. The summed E-state index contributed by atoms with van der Waals surface area (Å²) in [5, 5.41) is 0. The van der Waals surface area contributed by atoms with Gasteiger partial charge in [-0.25, -0.2) is 4.21 Å². The van der Waals surface area contributed by atoms with Crippen molar-refractivity contribution in [2.75, 3.05) is 14.2 Å². The highest BCUT2D eigenvalue weighted by atomic mass is 32.2. The summed E-state index contributed by atoms with van der Waals surface area (Å²) >= 11 is -1.22. The molecule has 0 saturated carbocycles. The topological polar surface area (TPSA) is 44.8 Å². The Bertz CT molecular complexity index is 403. The average Bonchev–Trinajstić information content (AvgIpc) is 2.27. The lowest BCUT2D eigenvalue weighted by Gasteiger charge is -2.18. The number of fused-ring (bicyclic) bond motifs is 1. The normalized spacial score (nSPS) is 19.5. The van der Waals surface area contributed by atoms with Gasteiger partial charge in [0.15, 0.2) is 22.6 Å². The van der Waals surface area contributed by atoms with Crippen LogP contribution in [0.15, 0.2) is 12.1 Å². The maximum Gasteiger partial charge on any atom is 0.161 e. The molecule has 1 aromatic rings. The Morgan fingerprint density at radius 1 is 1.20 bits per heavy atom. The van der Waals surface area contributed by atoms with Gasteiger partial charge in [-0.2, -0.15) is 0 Å². The summed E-state index contributed by atoms with van der Waals surface area (Å²) in [5.74, 6) is 1.75. The third kappa shape index (κ3) is 1.98. The van der Waals surface area contributed by atoms with E-state index in [0.717, 1.165) is 11.1 Å². The summed E-state index contributed by atoms with van der Waals surface area (Å²) < 4.78 is 26.6. The summed E-state index contributed by atoms with van der Waals surface area (Å²) in [5.41, 5.74) is 2.00. The number of rotatable bonds is 2. The van der Waals surface area contributed by atoms with Gasteiger partial charge >= 0.3 is 0 Å². The van der Waals surface area contributed by atoms with Gasteiger partial charge in [0.25, 0.3) is 0 Å². The van der Waals surface area contributed by atoms with Crippen molar-refractivity contribution in [3.05, 3.63) is 23.3 Å². The van der Waals surface area contributed by atoms with Crippen LogP contribution in [-0.4, -0.2) is 18.4 Å². The molecule has 0 N–H and O–H groups in total. The molecule has 0 aliphatic carbocycles. The van der Waals surface area contributed by atoms with Crippen LogP contribution in [0.4, 0.5) is 0 Å². The summed E-state index contributed by atoms with van der Waals surface area (Å²) in [4.78, 5) is 0. The van der Waals surface area contributed by atoms with Gasteiger partial charge in [-0.05, 0) is 23.3 Å². The molecule has 2 rings (SSSR count). The summed E-state index contributed by atoms with van der Waals surface area (Å²) in [6.45, 7) is 0.363. The molecule has 1 aromatic carbocycles. The van der Waals surface area contributed by atoms with Crippen molar-refractivity contribution in [1.29, 1.82) is 0 Å². The highest BCUT2D eigenvalue weighted by Gasteiger charge is 2.18. The zero-order chi connectivity index (χ0) is 10.8. The fourth-order valence-corrected chi connectivity index (χ4v) is 2.39. The van der Waals surface area contributed by atoms with E-state index in [1.807, 2.05) is 12.1 Å². The van der Waals surface area contributed by atoms with Crippen molar-refractivity contribution >= 4 is 11.1 Å². The lowest BCUT2D eigenvalue weighted by molar-refractivity contribution is 0.322. The molecule has 5 heteroatoms. The molecule has 0 spiro atoms. The first-order valence-corrected chi connectivity index (χ1v) is 5.74. The number of hydrogen-bond donors (Lipinski definition) is 0. The van der Waals surface area contributed by atoms with Gasteiger partial charge in [0.05, 0.1) is 26.6 Å². The molecule has 0 radical (unpaired) electrons. The van der Waals surface area contributed by atoms with Gasteiger partial charge in [-0.15, -0.1) is 0 Å². The maximum atomic E-state index is 11.2. The average molecular weight is 228 g/mol. The zero-order valence-electron chi connectivity index (χ0n) is 8.61. The molecule has 4 nitrogen and oxygen atoms in total. The van der Waals surface area contributed by atoms with Gasteiger partial charge in [-0.1, -0.05) is 0 Å². The number of methoxy groups -OCH3 is 2. The number of hydrogen-bond acceptors (Lipinski definition) is 4. The molecule has 1 aliphatic rings. The fourth-order valence-electron chi connectivity index (χ4n) is 1.53. The molecular weight excluding hydrogens is 216 g/mol. The van der Waals surface area contributed by atoms with E-state index < -0.39 is 11.1 Å². The van der Waals surface area contributed by atoms with Crippen LogP contribution in [0.3, 0.4) is 0 Å². The number of benzene rings is 1. The maximum absolute atomic E-state index is 11.2. The van der Waals surface area contributed by atoms with Gasteiger partial charge in [0, 0.05) is 0 Å². The Morgan fingerprint density at radius 2 is 1.80 bits per heavy atom. The Kier molecular flexibility index (Phi) is 2.93. The quantitative estimate of drug-likeness (QED) is 0.767. The smallest absolute Gasteiger partial charge is 0.161 e. The molecule has 0 bridgehead atoms. The largest absolute Gasteiger partial charge is 0.493 e. The zero-order valence-corrected chi connectivity index (χ0v) is 9.43. The van der Waals surface area contributed by atoms with E-state index in [4.69, 9.17) is 13.7 Å². The van der Waals surface area contributed by atoms with Gasteiger partial charge < -0.3 is 9.47 Å². The highest BCUT2D eigenvalue weighted by Crippen LogP contribution is 2.33. The molecule has 0 aromatic heterocycles. The monoisotopic (exact) mass is 228 g/mol. The van der Waals surface area contributed by atoms with Gasteiger partial charge in [0.1, 0.15) is 0 Å². The Labute approximate surface area is 90.8 Å². The highest BCUT2D eigenvalue weighted by molar-refractivity contribution is 7.79. The van der Waals surface area contributed by atoms with E-state index in [2.05, 4.69) is 0 Å². The molecular formula is C10H12O4S. The molecule has 1 atom stereocenters. The van der Waals surface area contributed by atoms with Crippen molar-refractivity contribution in [2.45, 2.75) is 12.4 Å². The van der Waals surface area contributed by atoms with Crippen LogP contribution in [0.2, 0.25) is 0 Å². The Morgan fingerprint density at radius 3 is 2.40 bits per heavy atom. The second kappa shape index (κ2) is 4.20. The molecule has 0 fully saturated rings.